The summed E-state index contributed by atoms with van der Waals surface area (Å²) < 4.78 is 0. The number of hydrogen-bond donors (Lipinski definition) is 3. The van der Waals surface area contributed by atoms with Gasteiger partial charge in [0.25, 0.3) is 0 Å². The summed E-state index contributed by atoms with van der Waals surface area (Å²) in [6.45, 7) is 1.63. The van der Waals surface area contributed by atoms with E-state index in [2.05, 4.69) is 6.92 Å². The van der Waals surface area contributed by atoms with Crippen molar-refractivity contribution in [3.63, 3.8) is 0 Å². The number of aliphatic hydroxyl groups excluding tert-OH is 3. The van der Waals surface area contributed by atoms with Gasteiger partial charge in [0.05, 0.1) is 6.61 Å². The standard InChI is InChI=1S/C15H30O4/c1-2-3-4-5-6-7-8-9-10-11-13(17)15(19)14(18)12-16/h14-16,18-19H,2-12H2,1H3/t14-,15?/m0/s1. The van der Waals surface area contributed by atoms with Crippen LogP contribution in [0.5, 0.6) is 0 Å². The molecule has 0 fully saturated rings. The van der Waals surface area contributed by atoms with E-state index >= 15 is 0 Å². The van der Waals surface area contributed by atoms with Crippen molar-refractivity contribution in [2.45, 2.75) is 83.3 Å². The quantitative estimate of drug-likeness (QED) is 0.450. The van der Waals surface area contributed by atoms with Crippen molar-refractivity contribution in [2.75, 3.05) is 6.61 Å². The second kappa shape index (κ2) is 12.6. The molecule has 0 radical (unpaired) electrons. The number of hydrogen-bond acceptors (Lipinski definition) is 4. The maximum absolute atomic E-state index is 11.4. The number of carbonyl (C=O) groups is 1. The first-order valence-electron chi connectivity index (χ1n) is 7.63. The van der Waals surface area contributed by atoms with Gasteiger partial charge in [0.1, 0.15) is 12.2 Å². The third-order valence-corrected chi connectivity index (χ3v) is 3.41. The lowest BCUT2D eigenvalue weighted by molar-refractivity contribution is -0.134. The van der Waals surface area contributed by atoms with Gasteiger partial charge >= 0.3 is 0 Å². The summed E-state index contributed by atoms with van der Waals surface area (Å²) in [6, 6.07) is 0. The monoisotopic (exact) mass is 274 g/mol. The molecule has 0 bridgehead atoms. The first kappa shape index (κ1) is 18.6. The largest absolute Gasteiger partial charge is 0.394 e. The molecule has 0 aromatic rings. The molecule has 0 amide bonds. The molecular weight excluding hydrogens is 244 g/mol. The lowest BCUT2D eigenvalue weighted by Crippen LogP contribution is -2.36. The van der Waals surface area contributed by atoms with Gasteiger partial charge in [-0.15, -0.1) is 0 Å². The number of Topliss-reactive ketones (excluding diaryl/α,β-unsaturated/α-hetero) is 1. The minimum Gasteiger partial charge on any atom is -0.394 e. The fraction of sp³-hybridized carbons (Fsp3) is 0.933. The van der Waals surface area contributed by atoms with Gasteiger partial charge in [-0.25, -0.2) is 0 Å². The number of rotatable bonds is 13. The maximum Gasteiger partial charge on any atom is 0.164 e. The molecule has 114 valence electrons. The van der Waals surface area contributed by atoms with Crippen LogP contribution in [0.1, 0.15) is 71.1 Å². The molecule has 2 atom stereocenters. The second-order valence-corrected chi connectivity index (χ2v) is 5.24. The van der Waals surface area contributed by atoms with Crippen LogP contribution in [0.25, 0.3) is 0 Å². The highest BCUT2D eigenvalue weighted by Gasteiger charge is 2.22. The third-order valence-electron chi connectivity index (χ3n) is 3.41. The van der Waals surface area contributed by atoms with Crippen molar-refractivity contribution in [2.24, 2.45) is 0 Å². The van der Waals surface area contributed by atoms with Crippen LogP contribution in [-0.2, 0) is 4.79 Å². The average molecular weight is 274 g/mol. The summed E-state index contributed by atoms with van der Waals surface area (Å²) in [4.78, 5) is 11.4. The van der Waals surface area contributed by atoms with E-state index in [0.717, 1.165) is 19.3 Å². The van der Waals surface area contributed by atoms with Crippen molar-refractivity contribution in [3.8, 4) is 0 Å². The van der Waals surface area contributed by atoms with Crippen LogP contribution in [0, 0.1) is 0 Å². The van der Waals surface area contributed by atoms with Crippen molar-refractivity contribution >= 4 is 5.78 Å². The molecule has 19 heavy (non-hydrogen) atoms. The third kappa shape index (κ3) is 10.0. The molecule has 0 rings (SSSR count). The van der Waals surface area contributed by atoms with Crippen LogP contribution in [-0.4, -0.2) is 39.9 Å². The van der Waals surface area contributed by atoms with Gasteiger partial charge in [-0.3, -0.25) is 4.79 Å². The van der Waals surface area contributed by atoms with E-state index in [1.165, 1.54) is 38.5 Å². The van der Waals surface area contributed by atoms with Gasteiger partial charge in [-0.05, 0) is 6.42 Å². The van der Waals surface area contributed by atoms with E-state index in [0.29, 0.717) is 0 Å². The van der Waals surface area contributed by atoms with Crippen LogP contribution in [0.3, 0.4) is 0 Å². The molecule has 0 aromatic carbocycles. The van der Waals surface area contributed by atoms with Gasteiger partial charge < -0.3 is 15.3 Å². The molecule has 3 N–H and O–H groups in total. The minimum absolute atomic E-state index is 0.286. The predicted octanol–water partition coefficient (Wildman–Crippen LogP) is 2.19. The molecule has 0 spiro atoms. The first-order chi connectivity index (χ1) is 9.13. The Hall–Kier alpha value is -0.450. The summed E-state index contributed by atoms with van der Waals surface area (Å²) in [5, 5.41) is 27.1. The second-order valence-electron chi connectivity index (χ2n) is 5.24. The number of carbonyl (C=O) groups excluding carboxylic acids is 1. The molecule has 0 aromatic heterocycles. The topological polar surface area (TPSA) is 77.8 Å². The first-order valence-corrected chi connectivity index (χ1v) is 7.63. The Morgan fingerprint density at radius 1 is 0.895 bits per heavy atom. The number of aliphatic hydroxyl groups is 3. The van der Waals surface area contributed by atoms with E-state index in [1.54, 1.807) is 0 Å². The molecule has 1 unspecified atom stereocenters. The Morgan fingerprint density at radius 3 is 1.84 bits per heavy atom. The van der Waals surface area contributed by atoms with E-state index in [4.69, 9.17) is 10.2 Å². The van der Waals surface area contributed by atoms with Gasteiger partial charge in [-0.2, -0.15) is 0 Å². The van der Waals surface area contributed by atoms with Crippen molar-refractivity contribution in [1.29, 1.82) is 0 Å². The summed E-state index contributed by atoms with van der Waals surface area (Å²) in [5.74, 6) is -0.371. The lowest BCUT2D eigenvalue weighted by atomic mass is 10.0. The molecule has 0 heterocycles. The zero-order valence-corrected chi connectivity index (χ0v) is 12.2. The van der Waals surface area contributed by atoms with Crippen molar-refractivity contribution < 1.29 is 20.1 Å². The number of unbranched alkanes of at least 4 members (excludes halogenated alkanes) is 8. The van der Waals surface area contributed by atoms with Gasteiger partial charge in [0.15, 0.2) is 5.78 Å². The SMILES string of the molecule is CCCCCCCCCCCC(=O)C(O)[C@@H](O)CO. The van der Waals surface area contributed by atoms with E-state index in [9.17, 15) is 9.90 Å². The summed E-state index contributed by atoms with van der Waals surface area (Å²) in [5.41, 5.74) is 0. The van der Waals surface area contributed by atoms with Gasteiger partial charge in [0.2, 0.25) is 0 Å². The summed E-state index contributed by atoms with van der Waals surface area (Å²) in [6.07, 6.45) is 8.05. The Labute approximate surface area is 116 Å². The summed E-state index contributed by atoms with van der Waals surface area (Å²) >= 11 is 0. The summed E-state index contributed by atoms with van der Waals surface area (Å²) in [7, 11) is 0. The Kier molecular flexibility index (Phi) is 12.3. The smallest absolute Gasteiger partial charge is 0.164 e. The van der Waals surface area contributed by atoms with E-state index in [1.807, 2.05) is 0 Å². The zero-order valence-electron chi connectivity index (χ0n) is 12.2. The highest BCUT2D eigenvalue weighted by atomic mass is 16.4. The number of ketones is 1. The van der Waals surface area contributed by atoms with E-state index < -0.39 is 18.8 Å². The fourth-order valence-electron chi connectivity index (χ4n) is 2.07. The molecule has 0 aliphatic heterocycles. The fourth-order valence-corrected chi connectivity index (χ4v) is 2.07. The predicted molar refractivity (Wildman–Crippen MR) is 76.0 cm³/mol. The molecule has 0 saturated carbocycles. The van der Waals surface area contributed by atoms with Crippen LogP contribution < -0.4 is 0 Å². The van der Waals surface area contributed by atoms with Crippen LogP contribution in [0.4, 0.5) is 0 Å². The highest BCUT2D eigenvalue weighted by molar-refractivity contribution is 5.83. The Bertz CT molecular complexity index is 218. The normalized spacial score (nSPS) is 14.3. The van der Waals surface area contributed by atoms with Crippen LogP contribution in [0.15, 0.2) is 0 Å². The van der Waals surface area contributed by atoms with Crippen LogP contribution in [0.2, 0.25) is 0 Å². The van der Waals surface area contributed by atoms with E-state index in [-0.39, 0.29) is 12.2 Å². The molecule has 0 aliphatic carbocycles. The highest BCUT2D eigenvalue weighted by Crippen LogP contribution is 2.11. The zero-order chi connectivity index (χ0) is 14.5. The van der Waals surface area contributed by atoms with Gasteiger partial charge in [0, 0.05) is 6.42 Å². The minimum atomic E-state index is -1.43. The van der Waals surface area contributed by atoms with Gasteiger partial charge in [-0.1, -0.05) is 58.3 Å². The average Bonchev–Trinajstić information content (AvgIpc) is 2.43. The van der Waals surface area contributed by atoms with Crippen molar-refractivity contribution in [1.82, 2.24) is 0 Å². The molecule has 4 nitrogen and oxygen atoms in total. The lowest BCUT2D eigenvalue weighted by Gasteiger charge is -2.13. The van der Waals surface area contributed by atoms with Crippen molar-refractivity contribution in [3.05, 3.63) is 0 Å². The molecular formula is C15H30O4. The molecule has 4 heteroatoms. The maximum atomic E-state index is 11.4. The Balaban J connectivity index is 3.36. The molecule has 0 aliphatic rings. The van der Waals surface area contributed by atoms with Crippen LogP contribution >= 0.6 is 0 Å². The molecule has 0 saturated heterocycles. The Morgan fingerprint density at radius 2 is 1.37 bits per heavy atom.